The Labute approximate surface area is 118 Å². The molecule has 0 aliphatic carbocycles. The van der Waals surface area contributed by atoms with Gasteiger partial charge >= 0.3 is 0 Å². The van der Waals surface area contributed by atoms with Crippen molar-refractivity contribution in [2.24, 2.45) is 0 Å². The molecular weight excluding hydrogens is 258 g/mol. The minimum Gasteiger partial charge on any atom is -0.496 e. The quantitative estimate of drug-likeness (QED) is 0.912. The van der Waals surface area contributed by atoms with Gasteiger partial charge in [-0.3, -0.25) is 0 Å². The highest BCUT2D eigenvalue weighted by atomic mass is 32.1. The van der Waals surface area contributed by atoms with Crippen molar-refractivity contribution < 1.29 is 4.74 Å². The van der Waals surface area contributed by atoms with E-state index in [1.807, 2.05) is 20.0 Å². The minimum atomic E-state index is 0.218. The molecule has 2 aromatic rings. The van der Waals surface area contributed by atoms with E-state index < -0.39 is 0 Å². The molecule has 1 heterocycles. The van der Waals surface area contributed by atoms with E-state index in [-0.39, 0.29) is 6.04 Å². The molecule has 1 aromatic heterocycles. The zero-order chi connectivity index (χ0) is 13.8. The van der Waals surface area contributed by atoms with Gasteiger partial charge in [-0.25, -0.2) is 0 Å². The lowest BCUT2D eigenvalue weighted by molar-refractivity contribution is 0.406. The first kappa shape index (κ1) is 14.0. The fourth-order valence-electron chi connectivity index (χ4n) is 2.17. The second kappa shape index (κ2) is 6.12. The molecule has 0 fully saturated rings. The predicted octanol–water partition coefficient (Wildman–Crippen LogP) is 2.67. The standard InChI is InChI=1S/C14H19N3OS/c1-9-5-6-13(18-4)11(7-9)8-12(15-3)14-10(2)16-17-19-14/h5-7,12,15H,8H2,1-4H3. The largest absolute Gasteiger partial charge is 0.496 e. The van der Waals surface area contributed by atoms with E-state index in [2.05, 4.69) is 34.0 Å². The van der Waals surface area contributed by atoms with E-state index in [0.717, 1.165) is 17.9 Å². The number of hydrogen-bond donors (Lipinski definition) is 1. The van der Waals surface area contributed by atoms with Crippen LogP contribution in [-0.4, -0.2) is 23.7 Å². The highest BCUT2D eigenvalue weighted by Gasteiger charge is 2.18. The summed E-state index contributed by atoms with van der Waals surface area (Å²) in [6, 6.07) is 6.48. The van der Waals surface area contributed by atoms with Gasteiger partial charge in [0, 0.05) is 6.04 Å². The van der Waals surface area contributed by atoms with Crippen molar-refractivity contribution in [1.82, 2.24) is 14.9 Å². The first-order chi connectivity index (χ1) is 9.15. The van der Waals surface area contributed by atoms with Crippen molar-refractivity contribution in [1.29, 1.82) is 0 Å². The van der Waals surface area contributed by atoms with E-state index in [1.54, 1.807) is 7.11 Å². The number of aryl methyl sites for hydroxylation is 2. The number of nitrogens with zero attached hydrogens (tertiary/aromatic N) is 2. The van der Waals surface area contributed by atoms with Gasteiger partial charge in [0.25, 0.3) is 0 Å². The summed E-state index contributed by atoms with van der Waals surface area (Å²) in [5, 5.41) is 7.42. The number of nitrogens with one attached hydrogen (secondary N) is 1. The number of hydrogen-bond acceptors (Lipinski definition) is 5. The Hall–Kier alpha value is -1.46. The van der Waals surface area contributed by atoms with E-state index >= 15 is 0 Å². The normalized spacial score (nSPS) is 12.4. The Morgan fingerprint density at radius 2 is 2.16 bits per heavy atom. The third-order valence-electron chi connectivity index (χ3n) is 3.21. The van der Waals surface area contributed by atoms with Crippen LogP contribution in [0.15, 0.2) is 18.2 Å². The fourth-order valence-corrected chi connectivity index (χ4v) is 2.92. The number of rotatable bonds is 5. The summed E-state index contributed by atoms with van der Waals surface area (Å²) >= 11 is 1.45. The third-order valence-corrected chi connectivity index (χ3v) is 4.15. The smallest absolute Gasteiger partial charge is 0.122 e. The summed E-state index contributed by atoms with van der Waals surface area (Å²) in [5.41, 5.74) is 3.44. The number of likely N-dealkylation sites (N-methyl/N-ethyl adjacent to an activating group) is 1. The molecule has 5 heteroatoms. The van der Waals surface area contributed by atoms with Gasteiger partial charge < -0.3 is 10.1 Å². The van der Waals surface area contributed by atoms with Crippen molar-refractivity contribution in [3.8, 4) is 5.75 Å². The van der Waals surface area contributed by atoms with Crippen LogP contribution in [0.3, 0.4) is 0 Å². The third kappa shape index (κ3) is 3.11. The average Bonchev–Trinajstić information content (AvgIpc) is 2.82. The molecule has 1 atom stereocenters. The van der Waals surface area contributed by atoms with E-state index in [4.69, 9.17) is 4.74 Å². The van der Waals surface area contributed by atoms with Crippen LogP contribution in [0.25, 0.3) is 0 Å². The Morgan fingerprint density at radius 1 is 1.37 bits per heavy atom. The second-order valence-electron chi connectivity index (χ2n) is 4.58. The molecule has 2 rings (SSSR count). The lowest BCUT2D eigenvalue weighted by Crippen LogP contribution is -2.19. The van der Waals surface area contributed by atoms with Crippen molar-refractivity contribution in [3.63, 3.8) is 0 Å². The van der Waals surface area contributed by atoms with Crippen LogP contribution in [0, 0.1) is 13.8 Å². The van der Waals surface area contributed by atoms with Gasteiger partial charge in [0.1, 0.15) is 5.75 Å². The number of benzene rings is 1. The van der Waals surface area contributed by atoms with E-state index in [0.29, 0.717) is 0 Å². The molecule has 0 radical (unpaired) electrons. The van der Waals surface area contributed by atoms with Gasteiger partial charge in [0.05, 0.1) is 17.7 Å². The maximum absolute atomic E-state index is 5.44. The highest BCUT2D eigenvalue weighted by molar-refractivity contribution is 7.05. The molecule has 1 N–H and O–H groups in total. The van der Waals surface area contributed by atoms with Gasteiger partial charge in [0.2, 0.25) is 0 Å². The summed E-state index contributed by atoms with van der Waals surface area (Å²) in [5.74, 6) is 0.931. The Kier molecular flexibility index (Phi) is 4.50. The summed E-state index contributed by atoms with van der Waals surface area (Å²) in [7, 11) is 3.67. The summed E-state index contributed by atoms with van der Waals surface area (Å²) < 4.78 is 9.45. The molecule has 4 nitrogen and oxygen atoms in total. The number of methoxy groups -OCH3 is 1. The maximum Gasteiger partial charge on any atom is 0.122 e. The lowest BCUT2D eigenvalue weighted by Gasteiger charge is -2.17. The van der Waals surface area contributed by atoms with Gasteiger partial charge in [-0.05, 0) is 50.5 Å². The molecule has 0 bridgehead atoms. The zero-order valence-corrected chi connectivity index (χ0v) is 12.5. The van der Waals surface area contributed by atoms with Crippen LogP contribution < -0.4 is 10.1 Å². The molecule has 0 spiro atoms. The van der Waals surface area contributed by atoms with E-state index in [1.165, 1.54) is 27.5 Å². The van der Waals surface area contributed by atoms with Crippen LogP contribution in [0.4, 0.5) is 0 Å². The average molecular weight is 277 g/mol. The minimum absolute atomic E-state index is 0.218. The zero-order valence-electron chi connectivity index (χ0n) is 11.7. The van der Waals surface area contributed by atoms with E-state index in [9.17, 15) is 0 Å². The summed E-state index contributed by atoms with van der Waals surface area (Å²) in [6.45, 7) is 4.09. The fraction of sp³-hybridized carbons (Fsp3) is 0.429. The predicted molar refractivity (Wildman–Crippen MR) is 77.9 cm³/mol. The molecule has 0 aliphatic rings. The molecule has 0 amide bonds. The van der Waals surface area contributed by atoms with Crippen LogP contribution in [0.5, 0.6) is 5.75 Å². The van der Waals surface area contributed by atoms with Gasteiger partial charge in [0.15, 0.2) is 0 Å². The monoisotopic (exact) mass is 277 g/mol. The molecule has 0 saturated heterocycles. The highest BCUT2D eigenvalue weighted by Crippen LogP contribution is 2.28. The summed E-state index contributed by atoms with van der Waals surface area (Å²) in [4.78, 5) is 1.19. The van der Waals surface area contributed by atoms with Crippen LogP contribution in [-0.2, 0) is 6.42 Å². The Bertz CT molecular complexity index is 553. The molecule has 0 saturated carbocycles. The Morgan fingerprint density at radius 3 is 2.74 bits per heavy atom. The Balaban J connectivity index is 2.28. The second-order valence-corrected chi connectivity index (χ2v) is 5.37. The number of ether oxygens (including phenoxy) is 1. The molecule has 0 aliphatic heterocycles. The topological polar surface area (TPSA) is 47.0 Å². The molecule has 102 valence electrons. The lowest BCUT2D eigenvalue weighted by atomic mass is 10.0. The van der Waals surface area contributed by atoms with Gasteiger partial charge in [-0.15, -0.1) is 5.10 Å². The molecule has 1 unspecified atom stereocenters. The SMILES string of the molecule is CNC(Cc1cc(C)ccc1OC)c1snnc1C. The van der Waals surface area contributed by atoms with Crippen molar-refractivity contribution in [2.45, 2.75) is 26.3 Å². The van der Waals surface area contributed by atoms with Crippen molar-refractivity contribution in [3.05, 3.63) is 39.9 Å². The van der Waals surface area contributed by atoms with Gasteiger partial charge in [-0.1, -0.05) is 22.2 Å². The first-order valence-corrected chi connectivity index (χ1v) is 7.02. The van der Waals surface area contributed by atoms with Crippen molar-refractivity contribution in [2.75, 3.05) is 14.2 Å². The molecule has 19 heavy (non-hydrogen) atoms. The first-order valence-electron chi connectivity index (χ1n) is 6.25. The van der Waals surface area contributed by atoms with Crippen LogP contribution >= 0.6 is 11.5 Å². The van der Waals surface area contributed by atoms with Crippen LogP contribution in [0.2, 0.25) is 0 Å². The molecule has 1 aromatic carbocycles. The van der Waals surface area contributed by atoms with Crippen molar-refractivity contribution >= 4 is 11.5 Å². The van der Waals surface area contributed by atoms with Crippen LogP contribution in [0.1, 0.15) is 27.7 Å². The molecular formula is C14H19N3OS. The maximum atomic E-state index is 5.44. The van der Waals surface area contributed by atoms with Gasteiger partial charge in [-0.2, -0.15) is 0 Å². The number of aromatic nitrogens is 2. The summed E-state index contributed by atoms with van der Waals surface area (Å²) in [6.07, 6.45) is 0.867.